The Labute approximate surface area is 126 Å². The molecule has 0 saturated heterocycles. The summed E-state index contributed by atoms with van der Waals surface area (Å²) in [5.74, 6) is -2.79. The summed E-state index contributed by atoms with van der Waals surface area (Å²) in [6.07, 6.45) is 0.202. The molecule has 0 radical (unpaired) electrons. The van der Waals surface area contributed by atoms with Crippen molar-refractivity contribution >= 4 is 28.2 Å². The van der Waals surface area contributed by atoms with Gasteiger partial charge in [-0.2, -0.15) is 0 Å². The SMILES string of the molecule is CC(=O)C(CCc1c([N+](=O)[O-])ccc2ccccc12)C(=O)O. The summed E-state index contributed by atoms with van der Waals surface area (Å²) in [5, 5.41) is 21.8. The van der Waals surface area contributed by atoms with Gasteiger partial charge in [0.15, 0.2) is 0 Å². The second-order valence-corrected chi connectivity index (χ2v) is 5.08. The van der Waals surface area contributed by atoms with Gasteiger partial charge in [0, 0.05) is 11.6 Å². The smallest absolute Gasteiger partial charge is 0.314 e. The van der Waals surface area contributed by atoms with E-state index in [0.717, 1.165) is 5.39 Å². The lowest BCUT2D eigenvalue weighted by atomic mass is 9.93. The first-order valence-corrected chi connectivity index (χ1v) is 6.80. The summed E-state index contributed by atoms with van der Waals surface area (Å²) in [7, 11) is 0. The van der Waals surface area contributed by atoms with Crippen LogP contribution < -0.4 is 0 Å². The van der Waals surface area contributed by atoms with Gasteiger partial charge in [0.2, 0.25) is 0 Å². The van der Waals surface area contributed by atoms with Crippen molar-refractivity contribution in [2.45, 2.75) is 19.8 Å². The molecule has 6 heteroatoms. The molecule has 1 atom stereocenters. The third-order valence-corrected chi connectivity index (χ3v) is 3.68. The fourth-order valence-electron chi connectivity index (χ4n) is 2.55. The average molecular weight is 301 g/mol. The van der Waals surface area contributed by atoms with Crippen LogP contribution in [0, 0.1) is 16.0 Å². The van der Waals surface area contributed by atoms with Crippen molar-refractivity contribution < 1.29 is 19.6 Å². The lowest BCUT2D eigenvalue weighted by Gasteiger charge is -2.11. The Morgan fingerprint density at radius 2 is 1.91 bits per heavy atom. The van der Waals surface area contributed by atoms with Crippen molar-refractivity contribution in [1.29, 1.82) is 0 Å². The minimum absolute atomic E-state index is 0.0412. The highest BCUT2D eigenvalue weighted by Crippen LogP contribution is 2.30. The van der Waals surface area contributed by atoms with Crippen LogP contribution in [0.5, 0.6) is 0 Å². The number of nitro benzene ring substituents is 1. The fraction of sp³-hybridized carbons (Fsp3) is 0.250. The summed E-state index contributed by atoms with van der Waals surface area (Å²) in [5.41, 5.74) is 0.419. The number of carbonyl (C=O) groups is 2. The second kappa shape index (κ2) is 6.34. The van der Waals surface area contributed by atoms with Crippen LogP contribution in [-0.4, -0.2) is 21.8 Å². The van der Waals surface area contributed by atoms with E-state index < -0.39 is 22.6 Å². The maximum absolute atomic E-state index is 11.4. The Morgan fingerprint density at radius 1 is 1.23 bits per heavy atom. The third kappa shape index (κ3) is 3.11. The Bertz CT molecular complexity index is 739. The quantitative estimate of drug-likeness (QED) is 0.502. The molecule has 0 spiro atoms. The van der Waals surface area contributed by atoms with Gasteiger partial charge in [-0.1, -0.05) is 24.3 Å². The number of aliphatic carboxylic acids is 1. The van der Waals surface area contributed by atoms with E-state index in [0.29, 0.717) is 10.9 Å². The van der Waals surface area contributed by atoms with E-state index in [-0.39, 0.29) is 18.5 Å². The number of hydrogen-bond donors (Lipinski definition) is 1. The largest absolute Gasteiger partial charge is 0.481 e. The summed E-state index contributed by atoms with van der Waals surface area (Å²) in [4.78, 5) is 33.2. The zero-order valence-corrected chi connectivity index (χ0v) is 12.0. The van der Waals surface area contributed by atoms with E-state index in [1.54, 1.807) is 18.2 Å². The molecule has 2 rings (SSSR count). The molecule has 1 N–H and O–H groups in total. The van der Waals surface area contributed by atoms with Crippen LogP contribution in [0.25, 0.3) is 10.8 Å². The standard InChI is InChI=1S/C16H15NO5/c1-10(18)12(16(19)20)7-8-14-13-5-3-2-4-11(13)6-9-15(14)17(21)22/h2-6,9,12H,7-8H2,1H3,(H,19,20). The van der Waals surface area contributed by atoms with Gasteiger partial charge in [-0.25, -0.2) is 0 Å². The number of nitrogens with zero attached hydrogens (tertiary/aromatic N) is 1. The second-order valence-electron chi connectivity index (χ2n) is 5.08. The van der Waals surface area contributed by atoms with Crippen LogP contribution in [0.2, 0.25) is 0 Å². The maximum Gasteiger partial charge on any atom is 0.314 e. The molecule has 114 valence electrons. The molecule has 0 bridgehead atoms. The van der Waals surface area contributed by atoms with Gasteiger partial charge in [0.1, 0.15) is 11.7 Å². The number of carboxylic acid groups (broad SMARTS) is 1. The molecule has 6 nitrogen and oxygen atoms in total. The van der Waals surface area contributed by atoms with Crippen LogP contribution in [0.3, 0.4) is 0 Å². The highest BCUT2D eigenvalue weighted by atomic mass is 16.6. The molecule has 0 aliphatic carbocycles. The highest BCUT2D eigenvalue weighted by Gasteiger charge is 2.25. The molecule has 0 aliphatic rings. The van der Waals surface area contributed by atoms with E-state index in [9.17, 15) is 19.7 Å². The Balaban J connectivity index is 2.44. The molecule has 1 unspecified atom stereocenters. The summed E-state index contributed by atoms with van der Waals surface area (Å²) in [6, 6.07) is 10.3. The third-order valence-electron chi connectivity index (χ3n) is 3.68. The predicted octanol–water partition coefficient (Wildman–Crippen LogP) is 2.97. The van der Waals surface area contributed by atoms with E-state index >= 15 is 0 Å². The van der Waals surface area contributed by atoms with Crippen molar-refractivity contribution in [1.82, 2.24) is 0 Å². The van der Waals surface area contributed by atoms with E-state index in [1.165, 1.54) is 13.0 Å². The lowest BCUT2D eigenvalue weighted by Crippen LogP contribution is -2.22. The number of carbonyl (C=O) groups excluding carboxylic acids is 1. The minimum atomic E-state index is -1.20. The highest BCUT2D eigenvalue weighted by molar-refractivity contribution is 5.97. The van der Waals surface area contributed by atoms with Gasteiger partial charge in [-0.15, -0.1) is 0 Å². The number of aryl methyl sites for hydroxylation is 1. The Morgan fingerprint density at radius 3 is 2.50 bits per heavy atom. The van der Waals surface area contributed by atoms with Crippen LogP contribution in [0.1, 0.15) is 18.9 Å². The number of benzene rings is 2. The summed E-state index contributed by atoms with van der Waals surface area (Å²) >= 11 is 0. The van der Waals surface area contributed by atoms with Crippen molar-refractivity contribution in [2.75, 3.05) is 0 Å². The van der Waals surface area contributed by atoms with Gasteiger partial charge in [-0.3, -0.25) is 19.7 Å². The Hall–Kier alpha value is -2.76. The van der Waals surface area contributed by atoms with Crippen LogP contribution in [0.4, 0.5) is 5.69 Å². The topological polar surface area (TPSA) is 97.5 Å². The first-order chi connectivity index (χ1) is 10.4. The van der Waals surface area contributed by atoms with Crippen molar-refractivity contribution in [3.63, 3.8) is 0 Å². The van der Waals surface area contributed by atoms with Crippen LogP contribution >= 0.6 is 0 Å². The van der Waals surface area contributed by atoms with Gasteiger partial charge in [-0.05, 0) is 36.6 Å². The summed E-state index contributed by atoms with van der Waals surface area (Å²) < 4.78 is 0. The molecular weight excluding hydrogens is 286 g/mol. The van der Waals surface area contributed by atoms with Crippen molar-refractivity contribution in [3.05, 3.63) is 52.1 Å². The monoisotopic (exact) mass is 301 g/mol. The molecular formula is C16H15NO5. The molecule has 22 heavy (non-hydrogen) atoms. The fourth-order valence-corrected chi connectivity index (χ4v) is 2.55. The molecule has 0 fully saturated rings. The van der Waals surface area contributed by atoms with Gasteiger partial charge < -0.3 is 5.11 Å². The molecule has 0 saturated carbocycles. The number of nitro groups is 1. The number of Topliss-reactive ketones (excluding diaryl/α,β-unsaturated/α-hetero) is 1. The maximum atomic E-state index is 11.4. The zero-order valence-electron chi connectivity index (χ0n) is 12.0. The molecule has 0 amide bonds. The molecule has 0 heterocycles. The van der Waals surface area contributed by atoms with Gasteiger partial charge >= 0.3 is 5.97 Å². The number of fused-ring (bicyclic) bond motifs is 1. The predicted molar refractivity (Wildman–Crippen MR) is 80.7 cm³/mol. The molecule has 0 aliphatic heterocycles. The van der Waals surface area contributed by atoms with E-state index in [4.69, 9.17) is 5.11 Å². The van der Waals surface area contributed by atoms with E-state index in [1.807, 2.05) is 12.1 Å². The van der Waals surface area contributed by atoms with Crippen LogP contribution in [-0.2, 0) is 16.0 Å². The van der Waals surface area contributed by atoms with E-state index in [2.05, 4.69) is 0 Å². The van der Waals surface area contributed by atoms with Crippen molar-refractivity contribution in [3.8, 4) is 0 Å². The normalized spacial score (nSPS) is 12.0. The lowest BCUT2D eigenvalue weighted by molar-refractivity contribution is -0.385. The molecule has 2 aromatic carbocycles. The van der Waals surface area contributed by atoms with Gasteiger partial charge in [0.05, 0.1) is 4.92 Å². The Kier molecular flexibility index (Phi) is 4.50. The zero-order chi connectivity index (χ0) is 16.3. The molecule has 2 aromatic rings. The number of ketones is 1. The number of carboxylic acids is 1. The first kappa shape index (κ1) is 15.6. The van der Waals surface area contributed by atoms with Crippen LogP contribution in [0.15, 0.2) is 36.4 Å². The van der Waals surface area contributed by atoms with Gasteiger partial charge in [0.25, 0.3) is 5.69 Å². The van der Waals surface area contributed by atoms with Crippen molar-refractivity contribution in [2.24, 2.45) is 5.92 Å². The number of rotatable bonds is 6. The average Bonchev–Trinajstić information content (AvgIpc) is 2.46. The molecule has 0 aromatic heterocycles. The minimum Gasteiger partial charge on any atom is -0.481 e. The first-order valence-electron chi connectivity index (χ1n) is 6.80. The summed E-state index contributed by atoms with van der Waals surface area (Å²) in [6.45, 7) is 1.22. The number of hydrogen-bond acceptors (Lipinski definition) is 4.